The molecule has 2 aromatic heterocycles. The molecule has 22 heavy (non-hydrogen) atoms. The summed E-state index contributed by atoms with van der Waals surface area (Å²) in [4.78, 5) is 23.5. The van der Waals surface area contributed by atoms with Gasteiger partial charge in [-0.2, -0.15) is 11.8 Å². The number of aromatic nitrogens is 3. The van der Waals surface area contributed by atoms with Crippen LogP contribution in [0.5, 0.6) is 0 Å². The molecule has 2 heterocycles. The summed E-state index contributed by atoms with van der Waals surface area (Å²) in [6.07, 6.45) is 6.45. The van der Waals surface area contributed by atoms with Crippen molar-refractivity contribution in [3.05, 3.63) is 39.9 Å². The van der Waals surface area contributed by atoms with Gasteiger partial charge in [-0.25, -0.2) is 9.97 Å². The Morgan fingerprint density at radius 2 is 2.14 bits per heavy atom. The molecular formula is C16H20N4OS. The van der Waals surface area contributed by atoms with E-state index in [0.717, 1.165) is 23.6 Å². The van der Waals surface area contributed by atoms with E-state index in [1.54, 1.807) is 13.1 Å². The number of H-pyrrole nitrogens is 1. The van der Waals surface area contributed by atoms with E-state index in [-0.39, 0.29) is 5.56 Å². The first-order chi connectivity index (χ1) is 10.5. The zero-order valence-corrected chi connectivity index (χ0v) is 13.9. The van der Waals surface area contributed by atoms with Gasteiger partial charge in [0.15, 0.2) is 0 Å². The summed E-state index contributed by atoms with van der Waals surface area (Å²) in [5.74, 6) is 1.42. The maximum Gasteiger partial charge on any atom is 0.254 e. The van der Waals surface area contributed by atoms with Crippen LogP contribution in [0.1, 0.15) is 24.1 Å². The number of pyridine rings is 1. The smallest absolute Gasteiger partial charge is 0.254 e. The van der Waals surface area contributed by atoms with Crippen LogP contribution in [0, 0.1) is 13.8 Å². The van der Waals surface area contributed by atoms with Gasteiger partial charge in [0.05, 0.1) is 0 Å². The van der Waals surface area contributed by atoms with E-state index < -0.39 is 0 Å². The third kappa shape index (κ3) is 3.02. The molecule has 0 unspecified atom stereocenters. The van der Waals surface area contributed by atoms with Gasteiger partial charge in [0.25, 0.3) is 5.56 Å². The van der Waals surface area contributed by atoms with Crippen molar-refractivity contribution in [1.82, 2.24) is 15.0 Å². The Bertz CT molecular complexity index is 735. The van der Waals surface area contributed by atoms with Crippen molar-refractivity contribution in [1.29, 1.82) is 0 Å². The van der Waals surface area contributed by atoms with Crippen molar-refractivity contribution in [2.45, 2.75) is 31.4 Å². The van der Waals surface area contributed by atoms with Crippen LogP contribution < -0.4 is 10.9 Å². The van der Waals surface area contributed by atoms with Crippen molar-refractivity contribution in [3.63, 3.8) is 0 Å². The molecule has 1 aliphatic carbocycles. The molecule has 0 amide bonds. The van der Waals surface area contributed by atoms with Crippen molar-refractivity contribution in [3.8, 4) is 11.4 Å². The first kappa shape index (κ1) is 15.1. The predicted octanol–water partition coefficient (Wildman–Crippen LogP) is 2.76. The summed E-state index contributed by atoms with van der Waals surface area (Å²) >= 11 is 1.92. The molecule has 1 saturated carbocycles. The Labute approximate surface area is 134 Å². The second-order valence-electron chi connectivity index (χ2n) is 5.80. The van der Waals surface area contributed by atoms with Crippen LogP contribution in [0.15, 0.2) is 23.1 Å². The van der Waals surface area contributed by atoms with E-state index in [4.69, 9.17) is 0 Å². The maximum absolute atomic E-state index is 11.8. The zero-order chi connectivity index (χ0) is 15.7. The second kappa shape index (κ2) is 5.76. The van der Waals surface area contributed by atoms with Gasteiger partial charge in [-0.3, -0.25) is 4.79 Å². The molecule has 3 rings (SSSR count). The molecule has 0 spiro atoms. The van der Waals surface area contributed by atoms with Gasteiger partial charge in [-0.05, 0) is 45.1 Å². The molecule has 0 atom stereocenters. The van der Waals surface area contributed by atoms with E-state index in [2.05, 4.69) is 26.5 Å². The summed E-state index contributed by atoms with van der Waals surface area (Å²) in [6.45, 7) is 4.56. The Morgan fingerprint density at radius 1 is 1.36 bits per heavy atom. The number of aromatic amines is 1. The number of hydrogen-bond donors (Lipinski definition) is 2. The summed E-state index contributed by atoms with van der Waals surface area (Å²) < 4.78 is 0.404. The molecule has 0 radical (unpaired) electrons. The van der Waals surface area contributed by atoms with Crippen molar-refractivity contribution in [2.75, 3.05) is 18.1 Å². The molecule has 116 valence electrons. The number of nitrogens with one attached hydrogen (secondary N) is 2. The van der Waals surface area contributed by atoms with Crippen LogP contribution in [0.25, 0.3) is 11.4 Å². The first-order valence-corrected chi connectivity index (χ1v) is 8.58. The van der Waals surface area contributed by atoms with Crippen LogP contribution >= 0.6 is 11.8 Å². The predicted molar refractivity (Wildman–Crippen MR) is 91.5 cm³/mol. The summed E-state index contributed by atoms with van der Waals surface area (Å²) in [5, 5.41) is 3.38. The summed E-state index contributed by atoms with van der Waals surface area (Å²) in [5.41, 5.74) is 2.12. The molecule has 0 saturated heterocycles. The monoisotopic (exact) mass is 316 g/mol. The van der Waals surface area contributed by atoms with Crippen molar-refractivity contribution < 1.29 is 0 Å². The Morgan fingerprint density at radius 3 is 2.68 bits per heavy atom. The Kier molecular flexibility index (Phi) is 3.95. The van der Waals surface area contributed by atoms with Crippen molar-refractivity contribution >= 4 is 17.6 Å². The molecular weight excluding hydrogens is 296 g/mol. The number of rotatable bonds is 5. The maximum atomic E-state index is 11.8. The standard InChI is InChI=1S/C16H20N4OS/c1-10-11(2)19-14(20-15(10)21)12-4-5-13(17-8-12)18-9-16(22-3)6-7-16/h4-5,8H,6-7,9H2,1-3H3,(H,17,18)(H,19,20,21). The number of aryl methyl sites for hydroxylation is 1. The Hall–Kier alpha value is -1.82. The molecule has 0 bridgehead atoms. The molecule has 1 fully saturated rings. The topological polar surface area (TPSA) is 70.7 Å². The lowest BCUT2D eigenvalue weighted by Crippen LogP contribution is -2.18. The highest BCUT2D eigenvalue weighted by atomic mass is 32.2. The van der Waals surface area contributed by atoms with Gasteiger partial charge >= 0.3 is 0 Å². The lowest BCUT2D eigenvalue weighted by atomic mass is 10.2. The van der Waals surface area contributed by atoms with Crippen LogP contribution in [0.2, 0.25) is 0 Å². The van der Waals surface area contributed by atoms with E-state index in [9.17, 15) is 4.79 Å². The first-order valence-electron chi connectivity index (χ1n) is 7.36. The minimum atomic E-state index is -0.0969. The van der Waals surface area contributed by atoms with E-state index in [0.29, 0.717) is 16.1 Å². The third-order valence-electron chi connectivity index (χ3n) is 4.26. The van der Waals surface area contributed by atoms with Gasteiger partial charge in [0.2, 0.25) is 0 Å². The molecule has 2 aromatic rings. The highest BCUT2D eigenvalue weighted by molar-refractivity contribution is 8.00. The second-order valence-corrected chi connectivity index (χ2v) is 7.07. The van der Waals surface area contributed by atoms with Crippen LogP contribution in [0.4, 0.5) is 5.82 Å². The molecule has 6 heteroatoms. The third-order valence-corrected chi connectivity index (χ3v) is 5.68. The normalized spacial score (nSPS) is 15.6. The van der Waals surface area contributed by atoms with Gasteiger partial charge in [-0.1, -0.05) is 0 Å². The van der Waals surface area contributed by atoms with Gasteiger partial charge in [0, 0.05) is 34.3 Å². The van der Waals surface area contributed by atoms with Crippen LogP contribution in [-0.2, 0) is 0 Å². The van der Waals surface area contributed by atoms with Gasteiger partial charge in [0.1, 0.15) is 11.6 Å². The van der Waals surface area contributed by atoms with Crippen LogP contribution in [-0.4, -0.2) is 32.5 Å². The fraction of sp³-hybridized carbons (Fsp3) is 0.438. The number of thioether (sulfide) groups is 1. The highest BCUT2D eigenvalue weighted by Gasteiger charge is 2.41. The SMILES string of the molecule is CSC1(CNc2ccc(-c3nc(C)c(C)c(=O)[nH]3)cn2)CC1. The summed E-state index contributed by atoms with van der Waals surface area (Å²) in [7, 11) is 0. The fourth-order valence-electron chi connectivity index (χ4n) is 2.26. The largest absolute Gasteiger partial charge is 0.369 e. The molecule has 2 N–H and O–H groups in total. The van der Waals surface area contributed by atoms with Crippen molar-refractivity contribution in [2.24, 2.45) is 0 Å². The average molecular weight is 316 g/mol. The molecule has 0 aliphatic heterocycles. The minimum Gasteiger partial charge on any atom is -0.369 e. The van der Waals surface area contributed by atoms with E-state index in [1.165, 1.54) is 12.8 Å². The van der Waals surface area contributed by atoms with Crippen LogP contribution in [0.3, 0.4) is 0 Å². The van der Waals surface area contributed by atoms with Gasteiger partial charge in [-0.15, -0.1) is 0 Å². The highest BCUT2D eigenvalue weighted by Crippen LogP contribution is 2.46. The lowest BCUT2D eigenvalue weighted by molar-refractivity contribution is 0.940. The van der Waals surface area contributed by atoms with E-state index in [1.807, 2.05) is 30.8 Å². The summed E-state index contributed by atoms with van der Waals surface area (Å²) in [6, 6.07) is 3.86. The molecule has 1 aliphatic rings. The number of hydrogen-bond acceptors (Lipinski definition) is 5. The molecule has 0 aromatic carbocycles. The van der Waals surface area contributed by atoms with E-state index >= 15 is 0 Å². The average Bonchev–Trinajstić information content (AvgIpc) is 3.31. The molecule has 5 nitrogen and oxygen atoms in total. The number of anilines is 1. The fourth-order valence-corrected chi connectivity index (χ4v) is 2.99. The zero-order valence-electron chi connectivity index (χ0n) is 13.1. The Balaban J connectivity index is 1.75. The minimum absolute atomic E-state index is 0.0969. The number of nitrogens with zero attached hydrogens (tertiary/aromatic N) is 2. The van der Waals surface area contributed by atoms with Gasteiger partial charge < -0.3 is 10.3 Å². The lowest BCUT2D eigenvalue weighted by Gasteiger charge is -2.13. The quantitative estimate of drug-likeness (QED) is 0.887.